The summed E-state index contributed by atoms with van der Waals surface area (Å²) in [6.07, 6.45) is 8.15. The first kappa shape index (κ1) is 21.0. The van der Waals surface area contributed by atoms with Gasteiger partial charge in [0.2, 0.25) is 0 Å². The molecule has 4 heterocycles. The van der Waals surface area contributed by atoms with E-state index in [1.165, 1.54) is 37.5 Å². The molecule has 3 saturated heterocycles. The molecule has 2 bridgehead atoms. The SMILES string of the molecule is C#Cc1c(F)ccc2cc(O)cc(C3=C(F)C(=NC)/C(=C(\N=C)N4CC5CC(C4)N5)C=N3)c12. The van der Waals surface area contributed by atoms with E-state index in [0.29, 0.717) is 34.3 Å². The third-order valence-corrected chi connectivity index (χ3v) is 6.28. The number of aliphatic imine (C=N–C) groups is 3. The van der Waals surface area contributed by atoms with Crippen molar-refractivity contribution in [3.8, 4) is 18.1 Å². The zero-order valence-electron chi connectivity index (χ0n) is 17.9. The maximum Gasteiger partial charge on any atom is 0.175 e. The van der Waals surface area contributed by atoms with Crippen LogP contribution in [0.15, 0.2) is 56.5 Å². The van der Waals surface area contributed by atoms with Gasteiger partial charge in [0.1, 0.15) is 28.8 Å². The number of fused-ring (bicyclic) bond motifs is 3. The Morgan fingerprint density at radius 1 is 1.30 bits per heavy atom. The Hall–Kier alpha value is -3.83. The van der Waals surface area contributed by atoms with E-state index in [2.05, 4.69) is 37.8 Å². The molecule has 8 heteroatoms. The number of allylic oxidation sites excluding steroid dienone is 2. The van der Waals surface area contributed by atoms with E-state index in [0.717, 1.165) is 19.5 Å². The molecule has 0 radical (unpaired) electrons. The van der Waals surface area contributed by atoms with Crippen molar-refractivity contribution in [2.45, 2.75) is 18.5 Å². The Labute approximate surface area is 189 Å². The molecule has 2 aromatic carbocycles. The number of terminal acetylenes is 1. The van der Waals surface area contributed by atoms with E-state index in [1.807, 2.05) is 0 Å². The summed E-state index contributed by atoms with van der Waals surface area (Å²) in [6.45, 7) is 5.16. The lowest BCUT2D eigenvalue weighted by Gasteiger charge is -2.49. The van der Waals surface area contributed by atoms with Gasteiger partial charge in [-0.25, -0.2) is 13.8 Å². The van der Waals surface area contributed by atoms with Crippen LogP contribution in [-0.4, -0.2) is 60.9 Å². The van der Waals surface area contributed by atoms with Crippen molar-refractivity contribution < 1.29 is 13.9 Å². The lowest BCUT2D eigenvalue weighted by molar-refractivity contribution is 0.103. The van der Waals surface area contributed by atoms with Crippen LogP contribution in [0.1, 0.15) is 17.5 Å². The minimum Gasteiger partial charge on any atom is -0.508 e. The van der Waals surface area contributed by atoms with Crippen LogP contribution in [0, 0.1) is 18.2 Å². The first-order chi connectivity index (χ1) is 15.9. The van der Waals surface area contributed by atoms with E-state index in [-0.39, 0.29) is 28.3 Å². The van der Waals surface area contributed by atoms with Gasteiger partial charge in [0.15, 0.2) is 5.83 Å². The molecule has 6 rings (SSSR count). The molecule has 0 spiro atoms. The molecule has 0 aliphatic carbocycles. The van der Waals surface area contributed by atoms with E-state index in [1.54, 1.807) is 0 Å². The Morgan fingerprint density at radius 2 is 2.03 bits per heavy atom. The predicted molar refractivity (Wildman–Crippen MR) is 127 cm³/mol. The van der Waals surface area contributed by atoms with E-state index in [4.69, 9.17) is 6.42 Å². The maximum absolute atomic E-state index is 15.9. The van der Waals surface area contributed by atoms with Crippen molar-refractivity contribution in [2.75, 3.05) is 20.1 Å². The fourth-order valence-electron chi connectivity index (χ4n) is 4.84. The Bertz CT molecular complexity index is 1350. The van der Waals surface area contributed by atoms with Gasteiger partial charge in [-0.1, -0.05) is 12.0 Å². The van der Waals surface area contributed by atoms with E-state index < -0.39 is 11.6 Å². The molecule has 4 aliphatic rings. The summed E-state index contributed by atoms with van der Waals surface area (Å²) in [7, 11) is 1.48. The monoisotopic (exact) mass is 445 g/mol. The van der Waals surface area contributed by atoms with Gasteiger partial charge in [0.25, 0.3) is 0 Å². The molecular weight excluding hydrogens is 424 g/mol. The maximum atomic E-state index is 15.9. The van der Waals surface area contributed by atoms with Crippen molar-refractivity contribution in [2.24, 2.45) is 15.0 Å². The summed E-state index contributed by atoms with van der Waals surface area (Å²) in [6, 6.07) is 6.21. The number of benzene rings is 2. The molecule has 2 unspecified atom stereocenters. The molecule has 2 atom stereocenters. The van der Waals surface area contributed by atoms with Crippen LogP contribution in [0.25, 0.3) is 16.5 Å². The number of rotatable bonds is 3. The highest BCUT2D eigenvalue weighted by molar-refractivity contribution is 6.29. The fraction of sp³-hybridized carbons (Fsp3) is 0.240. The summed E-state index contributed by atoms with van der Waals surface area (Å²) in [5.41, 5.74) is 0.548. The van der Waals surface area contributed by atoms with Crippen molar-refractivity contribution in [1.82, 2.24) is 10.2 Å². The second-order valence-corrected chi connectivity index (χ2v) is 8.25. The van der Waals surface area contributed by atoms with E-state index >= 15 is 4.39 Å². The molecule has 2 aromatic rings. The normalized spacial score (nSPS) is 24.7. The van der Waals surface area contributed by atoms with E-state index in [9.17, 15) is 9.50 Å². The van der Waals surface area contributed by atoms with Crippen LogP contribution < -0.4 is 5.32 Å². The Balaban J connectivity index is 1.67. The zero-order chi connectivity index (χ0) is 23.3. The molecule has 2 N–H and O–H groups in total. The molecule has 4 aliphatic heterocycles. The summed E-state index contributed by atoms with van der Waals surface area (Å²) < 4.78 is 30.3. The number of piperidine rings is 1. The highest BCUT2D eigenvalue weighted by Crippen LogP contribution is 2.38. The second kappa shape index (κ2) is 7.94. The predicted octanol–water partition coefficient (Wildman–Crippen LogP) is 3.42. The fourth-order valence-corrected chi connectivity index (χ4v) is 4.84. The summed E-state index contributed by atoms with van der Waals surface area (Å²) >= 11 is 0. The average Bonchev–Trinajstić information content (AvgIpc) is 2.79. The number of nitrogens with one attached hydrogen (secondary N) is 1. The van der Waals surface area contributed by atoms with Gasteiger partial charge in [-0.05, 0) is 36.7 Å². The molecule has 6 nitrogen and oxygen atoms in total. The summed E-state index contributed by atoms with van der Waals surface area (Å²) in [4.78, 5) is 14.8. The summed E-state index contributed by atoms with van der Waals surface area (Å²) in [5.74, 6) is 1.41. The Kier molecular flexibility index (Phi) is 5.06. The van der Waals surface area contributed by atoms with Gasteiger partial charge in [-0.3, -0.25) is 9.98 Å². The molecule has 166 valence electrons. The lowest BCUT2D eigenvalue weighted by atomic mass is 9.90. The number of halogens is 2. The standard InChI is InChI=1S/C25H21F2N5O/c1-4-17-20(26)6-5-13-7-16(33)9-18(21(13)17)24-22(27)23(28-2)19(10-30-24)25(29-3)32-11-14-8-15(12-32)31-14/h1,5-7,9-10,14-15,31,33H,3,8,11-12H2,2H3/b25-19+,28-23?. The van der Waals surface area contributed by atoms with Crippen molar-refractivity contribution >= 4 is 35.1 Å². The Morgan fingerprint density at radius 3 is 2.67 bits per heavy atom. The minimum absolute atomic E-state index is 0.0252. The van der Waals surface area contributed by atoms with Gasteiger partial charge in [0.05, 0.1) is 11.1 Å². The van der Waals surface area contributed by atoms with Crippen molar-refractivity contribution in [3.63, 3.8) is 0 Å². The van der Waals surface area contributed by atoms with Gasteiger partial charge in [-0.2, -0.15) is 0 Å². The highest BCUT2D eigenvalue weighted by atomic mass is 19.1. The number of aromatic hydroxyl groups is 1. The molecule has 3 fully saturated rings. The molecule has 0 aromatic heterocycles. The van der Waals surface area contributed by atoms with Gasteiger partial charge in [-0.15, -0.1) is 6.42 Å². The van der Waals surface area contributed by atoms with Gasteiger partial charge < -0.3 is 15.3 Å². The van der Waals surface area contributed by atoms with Crippen LogP contribution >= 0.6 is 0 Å². The number of hydrogen-bond donors (Lipinski definition) is 2. The van der Waals surface area contributed by atoms with Crippen LogP contribution in [0.3, 0.4) is 0 Å². The highest BCUT2D eigenvalue weighted by Gasteiger charge is 2.38. The van der Waals surface area contributed by atoms with Crippen LogP contribution in [0.4, 0.5) is 8.78 Å². The first-order valence-corrected chi connectivity index (χ1v) is 10.5. The zero-order valence-corrected chi connectivity index (χ0v) is 17.9. The quantitative estimate of drug-likeness (QED) is 0.562. The van der Waals surface area contributed by atoms with Gasteiger partial charge in [0, 0.05) is 49.4 Å². The number of phenolic OH excluding ortho intramolecular Hbond substituents is 1. The second-order valence-electron chi connectivity index (χ2n) is 8.25. The topological polar surface area (TPSA) is 72.6 Å². The number of phenols is 1. The largest absolute Gasteiger partial charge is 0.508 e. The molecule has 33 heavy (non-hydrogen) atoms. The van der Waals surface area contributed by atoms with Gasteiger partial charge >= 0.3 is 0 Å². The molecule has 0 amide bonds. The third-order valence-electron chi connectivity index (χ3n) is 6.28. The number of nitrogens with zero attached hydrogens (tertiary/aromatic N) is 4. The minimum atomic E-state index is -0.712. The lowest BCUT2D eigenvalue weighted by Crippen LogP contribution is -2.66. The first-order valence-electron chi connectivity index (χ1n) is 10.5. The van der Waals surface area contributed by atoms with Crippen LogP contribution in [0.5, 0.6) is 5.75 Å². The smallest absolute Gasteiger partial charge is 0.175 e. The summed E-state index contributed by atoms with van der Waals surface area (Å²) in [5, 5.41) is 14.5. The van der Waals surface area contributed by atoms with Crippen molar-refractivity contribution in [3.05, 3.63) is 58.4 Å². The average molecular weight is 445 g/mol. The van der Waals surface area contributed by atoms with Crippen molar-refractivity contribution in [1.29, 1.82) is 0 Å². The van der Waals surface area contributed by atoms with Crippen LogP contribution in [0.2, 0.25) is 0 Å². The number of piperazine rings is 1. The number of hydrogen-bond acceptors (Lipinski definition) is 6. The van der Waals surface area contributed by atoms with Crippen LogP contribution in [-0.2, 0) is 0 Å². The molecule has 0 saturated carbocycles. The molecular formula is C25H21F2N5O. The third kappa shape index (κ3) is 3.33.